The fourth-order valence-corrected chi connectivity index (χ4v) is 3.29. The minimum atomic E-state index is 0.366. The number of hydrogen-bond acceptors (Lipinski definition) is 3. The van der Waals surface area contributed by atoms with E-state index in [1.54, 1.807) is 0 Å². The van der Waals surface area contributed by atoms with Crippen LogP contribution in [0.3, 0.4) is 0 Å². The van der Waals surface area contributed by atoms with Crippen LogP contribution in [0, 0.1) is 0 Å². The van der Waals surface area contributed by atoms with Gasteiger partial charge in [0, 0.05) is 10.9 Å². The van der Waals surface area contributed by atoms with Crippen LogP contribution in [0.2, 0.25) is 0 Å². The Morgan fingerprint density at radius 3 is 2.48 bits per heavy atom. The van der Waals surface area contributed by atoms with E-state index in [9.17, 15) is 0 Å². The van der Waals surface area contributed by atoms with E-state index in [1.165, 1.54) is 0 Å². The van der Waals surface area contributed by atoms with E-state index >= 15 is 0 Å². The van der Waals surface area contributed by atoms with Crippen molar-refractivity contribution in [2.45, 2.75) is 6.61 Å². The molecule has 1 aromatic heterocycles. The van der Waals surface area contributed by atoms with Gasteiger partial charge in [0.05, 0.1) is 14.5 Å². The predicted octanol–water partition coefficient (Wildman–Crippen LogP) is 4.92. The molecular formula is C16H12Br2N2O. The lowest BCUT2D eigenvalue weighted by atomic mass is 10.1. The van der Waals surface area contributed by atoms with Crippen LogP contribution in [0.4, 0.5) is 5.82 Å². The molecule has 0 spiro atoms. The molecule has 2 aromatic carbocycles. The van der Waals surface area contributed by atoms with Crippen molar-refractivity contribution in [1.82, 2.24) is 4.98 Å². The number of anilines is 1. The molecule has 0 saturated heterocycles. The second-order valence-corrected chi connectivity index (χ2v) is 6.27. The van der Waals surface area contributed by atoms with Crippen LogP contribution in [0.1, 0.15) is 5.56 Å². The number of nitrogens with two attached hydrogens (primary N) is 1. The molecule has 3 nitrogen and oxygen atoms in total. The van der Waals surface area contributed by atoms with Crippen LogP contribution in [0.25, 0.3) is 10.9 Å². The van der Waals surface area contributed by atoms with Gasteiger partial charge in [0.25, 0.3) is 0 Å². The summed E-state index contributed by atoms with van der Waals surface area (Å²) in [5.41, 5.74) is 7.77. The predicted molar refractivity (Wildman–Crippen MR) is 92.3 cm³/mol. The number of para-hydroxylation sites is 2. The van der Waals surface area contributed by atoms with Gasteiger partial charge in [-0.2, -0.15) is 0 Å². The molecule has 0 aliphatic heterocycles. The fourth-order valence-electron chi connectivity index (χ4n) is 2.06. The normalized spacial score (nSPS) is 10.8. The summed E-state index contributed by atoms with van der Waals surface area (Å²) in [5.74, 6) is 1.25. The summed E-state index contributed by atoms with van der Waals surface area (Å²) >= 11 is 6.95. The Labute approximate surface area is 139 Å². The molecule has 0 aliphatic rings. The highest BCUT2D eigenvalue weighted by atomic mass is 79.9. The van der Waals surface area contributed by atoms with Gasteiger partial charge in [-0.25, -0.2) is 4.98 Å². The van der Waals surface area contributed by atoms with Crippen LogP contribution in [0.5, 0.6) is 5.75 Å². The molecule has 0 unspecified atom stereocenters. The van der Waals surface area contributed by atoms with E-state index in [4.69, 9.17) is 10.5 Å². The molecule has 2 N–H and O–H groups in total. The van der Waals surface area contributed by atoms with Crippen molar-refractivity contribution in [3.8, 4) is 5.75 Å². The molecule has 0 amide bonds. The quantitative estimate of drug-likeness (QED) is 0.670. The third kappa shape index (κ3) is 3.04. The van der Waals surface area contributed by atoms with Gasteiger partial charge in [0.15, 0.2) is 0 Å². The Balaban J connectivity index is 1.90. The fraction of sp³-hybridized carbons (Fsp3) is 0.0625. The minimum absolute atomic E-state index is 0.366. The smallest absolute Gasteiger partial charge is 0.148 e. The first-order chi connectivity index (χ1) is 10.1. The minimum Gasteiger partial charge on any atom is -0.486 e. The van der Waals surface area contributed by atoms with Crippen LogP contribution >= 0.6 is 31.9 Å². The topological polar surface area (TPSA) is 48.1 Å². The molecule has 1 heterocycles. The molecule has 21 heavy (non-hydrogen) atoms. The van der Waals surface area contributed by atoms with Crippen molar-refractivity contribution in [3.63, 3.8) is 0 Å². The second-order valence-electron chi connectivity index (χ2n) is 4.56. The molecule has 0 fully saturated rings. The third-order valence-electron chi connectivity index (χ3n) is 3.13. The summed E-state index contributed by atoms with van der Waals surface area (Å²) in [6.07, 6.45) is 0. The van der Waals surface area contributed by atoms with Crippen molar-refractivity contribution in [2.24, 2.45) is 0 Å². The molecule has 0 aliphatic carbocycles. The number of rotatable bonds is 3. The zero-order valence-electron chi connectivity index (χ0n) is 11.0. The summed E-state index contributed by atoms with van der Waals surface area (Å²) < 4.78 is 7.66. The van der Waals surface area contributed by atoms with Gasteiger partial charge in [-0.3, -0.25) is 0 Å². The van der Waals surface area contributed by atoms with Gasteiger partial charge in [-0.05, 0) is 56.1 Å². The van der Waals surface area contributed by atoms with E-state index in [0.717, 1.165) is 31.2 Å². The highest BCUT2D eigenvalue weighted by molar-refractivity contribution is 9.11. The van der Waals surface area contributed by atoms with Crippen LogP contribution in [-0.2, 0) is 6.61 Å². The maximum absolute atomic E-state index is 6.01. The first kappa shape index (κ1) is 14.4. The van der Waals surface area contributed by atoms with Gasteiger partial charge < -0.3 is 10.5 Å². The summed E-state index contributed by atoms with van der Waals surface area (Å²) in [6, 6.07) is 15.7. The Kier molecular flexibility index (Phi) is 4.12. The lowest BCUT2D eigenvalue weighted by Crippen LogP contribution is -2.03. The number of ether oxygens (including phenoxy) is 1. The number of aromatic nitrogens is 1. The summed E-state index contributed by atoms with van der Waals surface area (Å²) in [5, 5.41) is 1.05. The van der Waals surface area contributed by atoms with Gasteiger partial charge in [-0.1, -0.05) is 24.3 Å². The zero-order chi connectivity index (χ0) is 14.8. The second kappa shape index (κ2) is 6.03. The Hall–Kier alpha value is -1.59. The molecule has 0 radical (unpaired) electrons. The highest BCUT2D eigenvalue weighted by Gasteiger charge is 2.09. The molecular weight excluding hydrogens is 396 g/mol. The van der Waals surface area contributed by atoms with Crippen molar-refractivity contribution >= 4 is 48.6 Å². The Morgan fingerprint density at radius 1 is 1.00 bits per heavy atom. The third-order valence-corrected chi connectivity index (χ3v) is 4.38. The number of pyridine rings is 1. The highest BCUT2D eigenvalue weighted by Crippen LogP contribution is 2.34. The summed E-state index contributed by atoms with van der Waals surface area (Å²) in [4.78, 5) is 4.41. The van der Waals surface area contributed by atoms with Crippen LogP contribution < -0.4 is 10.5 Å². The lowest BCUT2D eigenvalue weighted by molar-refractivity contribution is 0.303. The number of benzene rings is 2. The van der Waals surface area contributed by atoms with Crippen molar-refractivity contribution < 1.29 is 4.74 Å². The van der Waals surface area contributed by atoms with Gasteiger partial charge in [0.1, 0.15) is 18.2 Å². The maximum Gasteiger partial charge on any atom is 0.148 e. The van der Waals surface area contributed by atoms with Gasteiger partial charge in [0.2, 0.25) is 0 Å². The maximum atomic E-state index is 6.01. The average Bonchev–Trinajstić information content (AvgIpc) is 2.47. The first-order valence-electron chi connectivity index (χ1n) is 6.36. The van der Waals surface area contributed by atoms with E-state index < -0.39 is 0 Å². The average molecular weight is 408 g/mol. The molecule has 106 valence electrons. The standard InChI is InChI=1S/C16H12Br2N2O/c17-12-5-3-6-13(18)15(12)21-9-11-8-10-4-1-2-7-14(10)20-16(11)19/h1-8H,9H2,(H2,19,20). The first-order valence-corrected chi connectivity index (χ1v) is 7.94. The molecule has 3 aromatic rings. The van der Waals surface area contributed by atoms with E-state index in [-0.39, 0.29) is 0 Å². The largest absolute Gasteiger partial charge is 0.486 e. The Morgan fingerprint density at radius 2 is 1.71 bits per heavy atom. The monoisotopic (exact) mass is 406 g/mol. The summed E-state index contributed by atoms with van der Waals surface area (Å²) in [7, 11) is 0. The van der Waals surface area contributed by atoms with Crippen molar-refractivity contribution in [3.05, 3.63) is 63.0 Å². The summed E-state index contributed by atoms with van der Waals surface area (Å²) in [6.45, 7) is 0.366. The lowest BCUT2D eigenvalue weighted by Gasteiger charge is -2.12. The number of nitrogens with zero attached hydrogens (tertiary/aromatic N) is 1. The van der Waals surface area contributed by atoms with E-state index in [1.807, 2.05) is 48.5 Å². The van der Waals surface area contributed by atoms with Gasteiger partial charge >= 0.3 is 0 Å². The van der Waals surface area contributed by atoms with Gasteiger partial charge in [-0.15, -0.1) is 0 Å². The van der Waals surface area contributed by atoms with Crippen molar-refractivity contribution in [2.75, 3.05) is 5.73 Å². The number of nitrogen functional groups attached to an aromatic ring is 1. The Bertz CT molecular complexity index is 785. The van der Waals surface area contributed by atoms with Crippen LogP contribution in [0.15, 0.2) is 57.5 Å². The molecule has 0 bridgehead atoms. The molecule has 0 atom stereocenters. The molecule has 3 rings (SSSR count). The number of hydrogen-bond donors (Lipinski definition) is 1. The van der Waals surface area contributed by atoms with E-state index in [0.29, 0.717) is 12.4 Å². The number of halogens is 2. The molecule has 5 heteroatoms. The SMILES string of the molecule is Nc1nc2ccccc2cc1COc1c(Br)cccc1Br. The van der Waals surface area contributed by atoms with E-state index in [2.05, 4.69) is 36.8 Å². The van der Waals surface area contributed by atoms with Crippen molar-refractivity contribution in [1.29, 1.82) is 0 Å². The zero-order valence-corrected chi connectivity index (χ0v) is 14.2. The number of fused-ring (bicyclic) bond motifs is 1. The molecule has 0 saturated carbocycles. The van der Waals surface area contributed by atoms with Crippen LogP contribution in [-0.4, -0.2) is 4.98 Å².